The molecule has 0 radical (unpaired) electrons. The average molecular weight is 318 g/mol. The number of primary amides is 1. The Labute approximate surface area is 130 Å². The monoisotopic (exact) mass is 318 g/mol. The second-order valence-corrected chi connectivity index (χ2v) is 5.85. The summed E-state index contributed by atoms with van der Waals surface area (Å²) in [6.45, 7) is 0. The third-order valence-electron chi connectivity index (χ3n) is 3.25. The highest BCUT2D eigenvalue weighted by Crippen LogP contribution is 2.23. The molecule has 0 bridgehead atoms. The van der Waals surface area contributed by atoms with Crippen LogP contribution in [0.5, 0.6) is 0 Å². The van der Waals surface area contributed by atoms with E-state index in [9.17, 15) is 4.79 Å². The van der Waals surface area contributed by atoms with Crippen LogP contribution in [0.25, 0.3) is 10.9 Å². The van der Waals surface area contributed by atoms with Crippen molar-refractivity contribution < 1.29 is 14.9 Å². The van der Waals surface area contributed by atoms with E-state index in [1.54, 1.807) is 0 Å². The lowest BCUT2D eigenvalue weighted by Gasteiger charge is -2.02. The average Bonchev–Trinajstić information content (AvgIpc) is 3.13. The van der Waals surface area contributed by atoms with Gasteiger partial charge in [-0.05, 0) is 11.6 Å². The number of hydrogen-bond donors (Lipinski definition) is 3. The Morgan fingerprint density at radius 3 is 3.05 bits per heavy atom. The summed E-state index contributed by atoms with van der Waals surface area (Å²) >= 11 is 1.13. The van der Waals surface area contributed by atoms with Crippen LogP contribution in [-0.4, -0.2) is 26.8 Å². The Bertz CT molecular complexity index is 797. The Balaban J connectivity index is 1.71. The van der Waals surface area contributed by atoms with E-state index in [1.165, 1.54) is 5.39 Å². The molecular formula is C14H16N5O2S+. The number of fused-ring (bicyclic) bond motifs is 1. The highest BCUT2D eigenvalue weighted by molar-refractivity contribution is 7.99. The predicted molar refractivity (Wildman–Crippen MR) is 81.8 cm³/mol. The highest BCUT2D eigenvalue weighted by atomic mass is 32.2. The van der Waals surface area contributed by atoms with E-state index in [-0.39, 0.29) is 11.8 Å². The van der Waals surface area contributed by atoms with E-state index >= 15 is 0 Å². The number of nitrogens with two attached hydrogens (primary N) is 1. The maximum Gasteiger partial charge on any atom is 0.277 e. The Morgan fingerprint density at radius 2 is 2.23 bits per heavy atom. The molecule has 0 saturated heterocycles. The second kappa shape index (κ2) is 6.20. The molecule has 8 heteroatoms. The summed E-state index contributed by atoms with van der Waals surface area (Å²) in [6, 6.07) is 7.93. The summed E-state index contributed by atoms with van der Waals surface area (Å²) in [5, 5.41) is 9.38. The normalized spacial score (nSPS) is 12.6. The van der Waals surface area contributed by atoms with Crippen molar-refractivity contribution in [1.29, 1.82) is 0 Å². The lowest BCUT2D eigenvalue weighted by atomic mass is 10.1. The maximum absolute atomic E-state index is 10.7. The fourth-order valence-corrected chi connectivity index (χ4v) is 2.74. The molecule has 0 spiro atoms. The number of thioether (sulfide) groups is 1. The van der Waals surface area contributed by atoms with Gasteiger partial charge in [0.05, 0.1) is 5.75 Å². The molecule has 1 aromatic carbocycles. The summed E-state index contributed by atoms with van der Waals surface area (Å²) in [5.41, 5.74) is 11.4. The number of para-hydroxylation sites is 1. The minimum Gasteiger partial charge on any atom is -0.410 e. The molecule has 2 heterocycles. The van der Waals surface area contributed by atoms with E-state index in [4.69, 9.17) is 10.2 Å². The van der Waals surface area contributed by atoms with Crippen molar-refractivity contribution in [3.05, 3.63) is 41.9 Å². The van der Waals surface area contributed by atoms with E-state index in [2.05, 4.69) is 27.0 Å². The Kier molecular flexibility index (Phi) is 4.12. The van der Waals surface area contributed by atoms with Gasteiger partial charge in [0.15, 0.2) is 6.04 Å². The molecule has 22 heavy (non-hydrogen) atoms. The van der Waals surface area contributed by atoms with Crippen LogP contribution >= 0.6 is 11.8 Å². The summed E-state index contributed by atoms with van der Waals surface area (Å²) in [4.78, 5) is 14.0. The van der Waals surface area contributed by atoms with Crippen molar-refractivity contribution in [3.8, 4) is 0 Å². The van der Waals surface area contributed by atoms with Crippen LogP contribution in [0.15, 0.2) is 40.1 Å². The van der Waals surface area contributed by atoms with E-state index in [1.807, 2.05) is 24.4 Å². The SMILES string of the molecule is NC(=O)CSc1nnc([C@@H]([NH3+])Cc2c[nH]c3ccccc23)o1. The minimum absolute atomic E-state index is 0.117. The van der Waals surface area contributed by atoms with Crippen molar-refractivity contribution in [3.63, 3.8) is 0 Å². The lowest BCUT2D eigenvalue weighted by Crippen LogP contribution is -2.54. The molecule has 1 amide bonds. The molecule has 0 saturated carbocycles. The molecule has 2 aromatic heterocycles. The van der Waals surface area contributed by atoms with Gasteiger partial charge in [0, 0.05) is 23.5 Å². The first-order valence-corrected chi connectivity index (χ1v) is 7.74. The van der Waals surface area contributed by atoms with Crippen LogP contribution < -0.4 is 11.5 Å². The van der Waals surface area contributed by atoms with Gasteiger partial charge in [-0.1, -0.05) is 30.0 Å². The topological polar surface area (TPSA) is 125 Å². The molecule has 1 atom stereocenters. The van der Waals surface area contributed by atoms with Gasteiger partial charge in [0.2, 0.25) is 5.91 Å². The smallest absolute Gasteiger partial charge is 0.277 e. The van der Waals surface area contributed by atoms with E-state index < -0.39 is 5.91 Å². The van der Waals surface area contributed by atoms with Crippen molar-refractivity contribution in [1.82, 2.24) is 15.2 Å². The van der Waals surface area contributed by atoms with Gasteiger partial charge in [0.1, 0.15) is 0 Å². The summed E-state index contributed by atoms with van der Waals surface area (Å²) in [7, 11) is 0. The number of carbonyl (C=O) groups excluding carboxylic acids is 1. The number of nitrogens with one attached hydrogen (secondary N) is 1. The zero-order valence-electron chi connectivity index (χ0n) is 11.8. The number of hydrogen-bond acceptors (Lipinski definition) is 5. The molecule has 7 nitrogen and oxygen atoms in total. The van der Waals surface area contributed by atoms with E-state index in [0.29, 0.717) is 17.5 Å². The van der Waals surface area contributed by atoms with Crippen molar-refractivity contribution in [2.75, 3.05) is 5.75 Å². The third-order valence-corrected chi connectivity index (χ3v) is 4.09. The van der Waals surface area contributed by atoms with Gasteiger partial charge < -0.3 is 20.9 Å². The number of nitrogens with zero attached hydrogens (tertiary/aromatic N) is 2. The first-order chi connectivity index (χ1) is 10.6. The molecule has 0 unspecified atom stereocenters. The number of amides is 1. The minimum atomic E-state index is -0.422. The number of quaternary nitrogens is 1. The van der Waals surface area contributed by atoms with Gasteiger partial charge in [-0.3, -0.25) is 4.79 Å². The number of aromatic amines is 1. The molecule has 6 N–H and O–H groups in total. The number of carbonyl (C=O) groups is 1. The van der Waals surface area contributed by atoms with Crippen LogP contribution in [0.1, 0.15) is 17.5 Å². The first kappa shape index (κ1) is 14.6. The van der Waals surface area contributed by atoms with Crippen LogP contribution in [0.2, 0.25) is 0 Å². The fraction of sp³-hybridized carbons (Fsp3) is 0.214. The zero-order chi connectivity index (χ0) is 15.5. The number of aromatic nitrogens is 3. The van der Waals surface area contributed by atoms with E-state index in [0.717, 1.165) is 22.8 Å². The molecule has 3 rings (SSSR count). The lowest BCUT2D eigenvalue weighted by molar-refractivity contribution is -0.431. The van der Waals surface area contributed by atoms with Crippen LogP contribution in [-0.2, 0) is 11.2 Å². The number of rotatable bonds is 6. The zero-order valence-corrected chi connectivity index (χ0v) is 12.6. The fourth-order valence-electron chi connectivity index (χ4n) is 2.23. The highest BCUT2D eigenvalue weighted by Gasteiger charge is 2.20. The van der Waals surface area contributed by atoms with Crippen LogP contribution in [0.4, 0.5) is 0 Å². The second-order valence-electron chi connectivity index (χ2n) is 4.92. The molecule has 0 aliphatic carbocycles. The molecule has 0 aliphatic rings. The Morgan fingerprint density at radius 1 is 1.41 bits per heavy atom. The number of benzene rings is 1. The summed E-state index contributed by atoms with van der Waals surface area (Å²) in [5.74, 6) is 0.151. The molecule has 0 aliphatic heterocycles. The van der Waals surface area contributed by atoms with Crippen LogP contribution in [0.3, 0.4) is 0 Å². The summed E-state index contributed by atoms with van der Waals surface area (Å²) in [6.07, 6.45) is 2.66. The van der Waals surface area contributed by atoms with Crippen molar-refractivity contribution in [2.24, 2.45) is 5.73 Å². The Hall–Kier alpha value is -2.32. The van der Waals surface area contributed by atoms with Gasteiger partial charge in [-0.15, -0.1) is 10.2 Å². The van der Waals surface area contributed by atoms with Crippen molar-refractivity contribution >= 4 is 28.6 Å². The first-order valence-electron chi connectivity index (χ1n) is 6.76. The largest absolute Gasteiger partial charge is 0.410 e. The maximum atomic E-state index is 10.7. The molecule has 0 fully saturated rings. The quantitative estimate of drug-likeness (QED) is 0.575. The predicted octanol–water partition coefficient (Wildman–Crippen LogP) is 0.654. The van der Waals surface area contributed by atoms with Crippen LogP contribution in [0, 0.1) is 0 Å². The van der Waals surface area contributed by atoms with Gasteiger partial charge in [0.25, 0.3) is 11.1 Å². The van der Waals surface area contributed by atoms with Gasteiger partial charge in [-0.2, -0.15) is 0 Å². The molecule has 114 valence electrons. The van der Waals surface area contributed by atoms with Crippen molar-refractivity contribution in [2.45, 2.75) is 17.7 Å². The molecule has 3 aromatic rings. The third kappa shape index (κ3) is 3.12. The molecular weight excluding hydrogens is 302 g/mol. The van der Waals surface area contributed by atoms with Gasteiger partial charge in [-0.25, -0.2) is 0 Å². The standard InChI is InChI=1S/C14H15N5O2S/c15-10(13-18-19-14(21-13)22-7-12(16)20)5-8-6-17-11-4-2-1-3-9(8)11/h1-4,6,10,17H,5,7,15H2,(H2,16,20)/p+1/t10-/m0/s1. The number of H-pyrrole nitrogens is 1. The van der Waals surface area contributed by atoms with Gasteiger partial charge >= 0.3 is 0 Å². The summed E-state index contributed by atoms with van der Waals surface area (Å²) < 4.78 is 5.52.